The Morgan fingerprint density at radius 2 is 2.00 bits per heavy atom. The van der Waals surface area contributed by atoms with Crippen molar-refractivity contribution in [2.45, 2.75) is 12.5 Å². The molecule has 0 heterocycles. The largest absolute Gasteiger partial charge is 1.00 e. The van der Waals surface area contributed by atoms with Gasteiger partial charge < -0.3 is 20.4 Å². The molecule has 2 N–H and O–H groups in total. The molecule has 15 heavy (non-hydrogen) atoms. The van der Waals surface area contributed by atoms with Crippen molar-refractivity contribution in [2.75, 3.05) is 7.11 Å². The topological polar surface area (TPSA) is 75.4 Å². The smallest absolute Gasteiger partial charge is 0.548 e. The van der Waals surface area contributed by atoms with Crippen molar-refractivity contribution in [1.29, 1.82) is 0 Å². The molecule has 0 fully saturated rings. The summed E-state index contributed by atoms with van der Waals surface area (Å²) in [6, 6.07) is 6.13. The van der Waals surface area contributed by atoms with Gasteiger partial charge in [-0.2, -0.15) is 0 Å². The Labute approximate surface area is 101 Å². The SMILES string of the molecule is COc1ccc(C[C@H](N)C(=O)[O-])cc1.[Li+]. The molecule has 0 saturated carbocycles. The van der Waals surface area contributed by atoms with Crippen molar-refractivity contribution in [3.63, 3.8) is 0 Å². The first-order chi connectivity index (χ1) is 6.63. The predicted molar refractivity (Wildman–Crippen MR) is 49.7 cm³/mol. The molecule has 1 aromatic rings. The van der Waals surface area contributed by atoms with Gasteiger partial charge in [0.2, 0.25) is 0 Å². The molecule has 0 aliphatic rings. The Morgan fingerprint density at radius 1 is 1.47 bits per heavy atom. The van der Waals surface area contributed by atoms with Crippen molar-refractivity contribution >= 4 is 5.97 Å². The number of carboxylic acid groups (broad SMARTS) is 1. The maximum Gasteiger partial charge on any atom is 1.00 e. The second kappa shape index (κ2) is 6.52. The van der Waals surface area contributed by atoms with Gasteiger partial charge in [-0.05, 0) is 24.1 Å². The van der Waals surface area contributed by atoms with Gasteiger partial charge in [0.1, 0.15) is 5.75 Å². The third kappa shape index (κ3) is 4.39. The van der Waals surface area contributed by atoms with Crippen molar-refractivity contribution in [3.8, 4) is 5.75 Å². The van der Waals surface area contributed by atoms with Crippen LogP contribution < -0.4 is 34.4 Å². The summed E-state index contributed by atoms with van der Waals surface area (Å²) in [6.45, 7) is 0. The van der Waals surface area contributed by atoms with Gasteiger partial charge >= 0.3 is 18.9 Å². The van der Waals surface area contributed by atoms with Crippen LogP contribution in [-0.2, 0) is 11.2 Å². The van der Waals surface area contributed by atoms with E-state index in [1.165, 1.54) is 0 Å². The molecule has 5 heteroatoms. The van der Waals surface area contributed by atoms with Crippen LogP contribution in [0.2, 0.25) is 0 Å². The molecular weight excluding hydrogens is 189 g/mol. The van der Waals surface area contributed by atoms with Crippen LogP contribution in [0.5, 0.6) is 5.75 Å². The average Bonchev–Trinajstić information content (AvgIpc) is 2.19. The van der Waals surface area contributed by atoms with Gasteiger partial charge in [0.05, 0.1) is 13.1 Å². The number of hydrogen-bond acceptors (Lipinski definition) is 4. The predicted octanol–water partition coefficient (Wildman–Crippen LogP) is -3.68. The Kier molecular flexibility index (Phi) is 6.10. The van der Waals surface area contributed by atoms with Crippen LogP contribution in [0.25, 0.3) is 0 Å². The summed E-state index contributed by atoms with van der Waals surface area (Å²) in [5.41, 5.74) is 6.18. The van der Waals surface area contributed by atoms with Crippen LogP contribution in [0.4, 0.5) is 0 Å². The van der Waals surface area contributed by atoms with Crippen LogP contribution in [0, 0.1) is 0 Å². The van der Waals surface area contributed by atoms with Gasteiger partial charge in [0.25, 0.3) is 0 Å². The molecule has 0 saturated heterocycles. The first-order valence-electron chi connectivity index (χ1n) is 4.23. The van der Waals surface area contributed by atoms with Gasteiger partial charge in [0.15, 0.2) is 0 Å². The van der Waals surface area contributed by atoms with Crippen molar-refractivity contribution in [1.82, 2.24) is 0 Å². The van der Waals surface area contributed by atoms with E-state index in [0.717, 1.165) is 11.3 Å². The zero-order valence-electron chi connectivity index (χ0n) is 8.90. The molecular formula is C10H12LiNO3. The number of ether oxygens (including phenoxy) is 1. The standard InChI is InChI=1S/C10H13NO3.Li/c1-14-8-4-2-7(3-5-8)6-9(11)10(12)13;/h2-5,9H,6,11H2,1H3,(H,12,13);/q;+1/p-1/t9-;/m0./s1. The van der Waals surface area contributed by atoms with Crippen LogP contribution in [0.3, 0.4) is 0 Å². The molecule has 0 radical (unpaired) electrons. The van der Waals surface area contributed by atoms with E-state index in [1.54, 1.807) is 31.4 Å². The first-order valence-corrected chi connectivity index (χ1v) is 4.23. The van der Waals surface area contributed by atoms with Gasteiger partial charge in [-0.1, -0.05) is 12.1 Å². The van der Waals surface area contributed by atoms with E-state index in [-0.39, 0.29) is 25.3 Å². The molecule has 76 valence electrons. The van der Waals surface area contributed by atoms with E-state index < -0.39 is 12.0 Å². The number of carbonyl (C=O) groups is 1. The normalized spacial score (nSPS) is 11.3. The number of hydrogen-bond donors (Lipinski definition) is 1. The Hall–Kier alpha value is -0.953. The molecule has 4 nitrogen and oxygen atoms in total. The van der Waals surface area contributed by atoms with E-state index in [9.17, 15) is 9.90 Å². The number of carboxylic acids is 1. The number of rotatable bonds is 4. The minimum absolute atomic E-state index is 0. The van der Waals surface area contributed by atoms with Gasteiger partial charge in [0, 0.05) is 6.04 Å². The number of benzene rings is 1. The van der Waals surface area contributed by atoms with Crippen LogP contribution >= 0.6 is 0 Å². The van der Waals surface area contributed by atoms with Gasteiger partial charge in [-0.3, -0.25) is 0 Å². The van der Waals surface area contributed by atoms with E-state index >= 15 is 0 Å². The van der Waals surface area contributed by atoms with E-state index in [0.29, 0.717) is 0 Å². The van der Waals surface area contributed by atoms with Crippen molar-refractivity contribution in [2.24, 2.45) is 5.73 Å². The van der Waals surface area contributed by atoms with Crippen LogP contribution in [-0.4, -0.2) is 19.1 Å². The summed E-state index contributed by atoms with van der Waals surface area (Å²) in [6.07, 6.45) is 0.270. The second-order valence-electron chi connectivity index (χ2n) is 2.98. The zero-order valence-corrected chi connectivity index (χ0v) is 8.90. The summed E-state index contributed by atoms with van der Waals surface area (Å²) < 4.78 is 4.96. The average molecular weight is 201 g/mol. The second-order valence-corrected chi connectivity index (χ2v) is 2.98. The Morgan fingerprint density at radius 3 is 2.40 bits per heavy atom. The van der Waals surface area contributed by atoms with Crippen molar-refractivity contribution in [3.05, 3.63) is 29.8 Å². The number of aliphatic carboxylic acids is 1. The van der Waals surface area contributed by atoms with Crippen LogP contribution in [0.1, 0.15) is 5.56 Å². The maximum atomic E-state index is 10.4. The fraction of sp³-hybridized carbons (Fsp3) is 0.300. The summed E-state index contributed by atoms with van der Waals surface area (Å²) in [7, 11) is 1.57. The molecule has 0 aromatic heterocycles. The molecule has 1 aromatic carbocycles. The summed E-state index contributed by atoms with van der Waals surface area (Å²) in [4.78, 5) is 10.4. The fourth-order valence-electron chi connectivity index (χ4n) is 1.10. The Balaban J connectivity index is 0.00000196. The number of methoxy groups -OCH3 is 1. The van der Waals surface area contributed by atoms with Gasteiger partial charge in [-0.15, -0.1) is 0 Å². The quantitative estimate of drug-likeness (QED) is 0.509. The van der Waals surface area contributed by atoms with E-state index in [1.807, 2.05) is 0 Å². The summed E-state index contributed by atoms with van der Waals surface area (Å²) >= 11 is 0. The van der Waals surface area contributed by atoms with Gasteiger partial charge in [-0.25, -0.2) is 0 Å². The zero-order chi connectivity index (χ0) is 10.6. The molecule has 0 aliphatic carbocycles. The van der Waals surface area contributed by atoms with E-state index in [2.05, 4.69) is 0 Å². The molecule has 0 spiro atoms. The maximum absolute atomic E-state index is 10.4. The Bertz CT molecular complexity index is 313. The minimum Gasteiger partial charge on any atom is -0.548 e. The third-order valence-corrected chi connectivity index (χ3v) is 1.92. The molecule has 0 bridgehead atoms. The molecule has 1 atom stereocenters. The first kappa shape index (κ1) is 14.0. The fourth-order valence-corrected chi connectivity index (χ4v) is 1.10. The van der Waals surface area contributed by atoms with Crippen molar-refractivity contribution < 1.29 is 33.5 Å². The number of carbonyl (C=O) groups excluding carboxylic acids is 1. The molecule has 1 rings (SSSR count). The molecule has 0 amide bonds. The minimum atomic E-state index is -1.24. The van der Waals surface area contributed by atoms with E-state index in [4.69, 9.17) is 10.5 Å². The van der Waals surface area contributed by atoms with Crippen LogP contribution in [0.15, 0.2) is 24.3 Å². The monoisotopic (exact) mass is 201 g/mol. The number of nitrogens with two attached hydrogens (primary N) is 1. The molecule has 0 unspecified atom stereocenters. The third-order valence-electron chi connectivity index (χ3n) is 1.92. The molecule has 0 aliphatic heterocycles. The summed E-state index contributed by atoms with van der Waals surface area (Å²) in [5, 5.41) is 10.4. The summed E-state index contributed by atoms with van der Waals surface area (Å²) in [5.74, 6) is -0.503.